The minimum Gasteiger partial charge on any atom is -0.480 e. The number of rotatable bonds is 4. The molecule has 1 fully saturated rings. The van der Waals surface area contributed by atoms with Crippen molar-refractivity contribution in [2.75, 3.05) is 20.1 Å². The monoisotopic (exact) mass is 250 g/mol. The van der Waals surface area contributed by atoms with Crippen LogP contribution in [0.25, 0.3) is 0 Å². The molecular weight excluding hydrogens is 232 g/mol. The van der Waals surface area contributed by atoms with Crippen molar-refractivity contribution < 1.29 is 18.3 Å². The van der Waals surface area contributed by atoms with Gasteiger partial charge in [-0.25, -0.2) is 13.1 Å². The summed E-state index contributed by atoms with van der Waals surface area (Å²) in [7, 11) is -1.77. The molecule has 0 spiro atoms. The fourth-order valence-electron chi connectivity index (χ4n) is 1.59. The van der Waals surface area contributed by atoms with E-state index >= 15 is 0 Å². The van der Waals surface area contributed by atoms with E-state index in [-0.39, 0.29) is 6.04 Å². The summed E-state index contributed by atoms with van der Waals surface area (Å²) in [5, 5.41) is 7.27. The van der Waals surface area contributed by atoms with Gasteiger partial charge in [0.2, 0.25) is 10.0 Å². The number of hydrogen-bond donors (Lipinski definition) is 2. The van der Waals surface area contributed by atoms with Gasteiger partial charge in [-0.3, -0.25) is 4.79 Å². The Labute approximate surface area is 95.7 Å². The lowest BCUT2D eigenvalue weighted by Crippen LogP contribution is -2.47. The molecule has 2 N–H and O–H groups in total. The van der Waals surface area contributed by atoms with Crippen molar-refractivity contribution in [1.29, 1.82) is 0 Å². The molecule has 0 aromatic heterocycles. The van der Waals surface area contributed by atoms with Crippen LogP contribution < -0.4 is 4.72 Å². The van der Waals surface area contributed by atoms with Crippen LogP contribution in [0.3, 0.4) is 0 Å². The number of piperidine rings is 1. The molecule has 0 aromatic carbocycles. The highest BCUT2D eigenvalue weighted by atomic mass is 32.2. The van der Waals surface area contributed by atoms with E-state index < -0.39 is 21.2 Å². The van der Waals surface area contributed by atoms with Crippen molar-refractivity contribution >= 4 is 16.0 Å². The zero-order valence-electron chi connectivity index (χ0n) is 9.51. The number of sulfonamides is 1. The van der Waals surface area contributed by atoms with Crippen LogP contribution in [0, 0.1) is 0 Å². The molecular formula is C9H18N2O4S. The van der Waals surface area contributed by atoms with Gasteiger partial charge >= 0.3 is 5.97 Å². The first kappa shape index (κ1) is 13.4. The van der Waals surface area contributed by atoms with Crippen molar-refractivity contribution in [1.82, 2.24) is 9.62 Å². The van der Waals surface area contributed by atoms with Crippen molar-refractivity contribution in [3.05, 3.63) is 0 Å². The predicted octanol–water partition coefficient (Wildman–Crippen LogP) is -0.527. The first-order valence-corrected chi connectivity index (χ1v) is 6.80. The number of carbonyl (C=O) groups is 1. The number of nitrogens with zero attached hydrogens (tertiary/aromatic N) is 1. The van der Waals surface area contributed by atoms with Crippen LogP contribution in [-0.4, -0.2) is 55.8 Å². The topological polar surface area (TPSA) is 86.7 Å². The Balaban J connectivity index is 2.56. The van der Waals surface area contributed by atoms with Gasteiger partial charge in [0.15, 0.2) is 5.25 Å². The van der Waals surface area contributed by atoms with Gasteiger partial charge in [0, 0.05) is 6.04 Å². The summed E-state index contributed by atoms with van der Waals surface area (Å²) in [5.74, 6) is -1.32. The summed E-state index contributed by atoms with van der Waals surface area (Å²) in [5.41, 5.74) is 0. The largest absolute Gasteiger partial charge is 0.480 e. The van der Waals surface area contributed by atoms with Crippen LogP contribution in [0.15, 0.2) is 0 Å². The molecule has 7 heteroatoms. The van der Waals surface area contributed by atoms with Crippen LogP contribution in [0.2, 0.25) is 0 Å². The second kappa shape index (κ2) is 5.11. The summed E-state index contributed by atoms with van der Waals surface area (Å²) in [4.78, 5) is 12.7. The maximum absolute atomic E-state index is 11.6. The van der Waals surface area contributed by atoms with E-state index in [0.29, 0.717) is 0 Å². The molecule has 1 aliphatic rings. The van der Waals surface area contributed by atoms with Crippen LogP contribution >= 0.6 is 0 Å². The van der Waals surface area contributed by atoms with E-state index in [4.69, 9.17) is 5.11 Å². The van der Waals surface area contributed by atoms with E-state index in [1.54, 1.807) is 0 Å². The Morgan fingerprint density at radius 2 is 1.94 bits per heavy atom. The molecule has 16 heavy (non-hydrogen) atoms. The molecule has 1 unspecified atom stereocenters. The first-order valence-electron chi connectivity index (χ1n) is 5.25. The lowest BCUT2D eigenvalue weighted by molar-refractivity contribution is -0.136. The van der Waals surface area contributed by atoms with E-state index in [9.17, 15) is 13.2 Å². The number of aliphatic carboxylic acids is 1. The zero-order valence-corrected chi connectivity index (χ0v) is 10.3. The van der Waals surface area contributed by atoms with Crippen LogP contribution in [-0.2, 0) is 14.8 Å². The summed E-state index contributed by atoms with van der Waals surface area (Å²) in [6.45, 7) is 2.84. The zero-order chi connectivity index (χ0) is 12.3. The smallest absolute Gasteiger partial charge is 0.323 e. The Bertz CT molecular complexity index is 347. The number of nitrogens with one attached hydrogen (secondary N) is 1. The Morgan fingerprint density at radius 3 is 2.38 bits per heavy atom. The lowest BCUT2D eigenvalue weighted by Gasteiger charge is -2.29. The predicted molar refractivity (Wildman–Crippen MR) is 59.7 cm³/mol. The van der Waals surface area contributed by atoms with Crippen molar-refractivity contribution in [3.8, 4) is 0 Å². The van der Waals surface area contributed by atoms with Crippen molar-refractivity contribution in [2.45, 2.75) is 31.1 Å². The van der Waals surface area contributed by atoms with Crippen molar-refractivity contribution in [2.24, 2.45) is 0 Å². The molecule has 94 valence electrons. The molecule has 1 heterocycles. The number of carboxylic acid groups (broad SMARTS) is 1. The maximum Gasteiger partial charge on any atom is 0.323 e. The quantitative estimate of drug-likeness (QED) is 0.700. The van der Waals surface area contributed by atoms with Gasteiger partial charge < -0.3 is 10.0 Å². The summed E-state index contributed by atoms with van der Waals surface area (Å²) in [6, 6.07) is -0.136. The average Bonchev–Trinajstić information content (AvgIpc) is 2.20. The molecule has 0 bridgehead atoms. The van der Waals surface area contributed by atoms with Gasteiger partial charge in [-0.2, -0.15) is 0 Å². The van der Waals surface area contributed by atoms with E-state index in [2.05, 4.69) is 9.62 Å². The fraction of sp³-hybridized carbons (Fsp3) is 0.889. The SMILES string of the molecule is CC(C(=O)O)S(=O)(=O)NC1CCN(C)CC1. The Hall–Kier alpha value is -0.660. The Morgan fingerprint density at radius 1 is 1.44 bits per heavy atom. The first-order chi connectivity index (χ1) is 7.33. The maximum atomic E-state index is 11.6. The van der Waals surface area contributed by atoms with Gasteiger partial charge in [0.1, 0.15) is 0 Å². The normalized spacial score (nSPS) is 21.9. The van der Waals surface area contributed by atoms with Gasteiger partial charge in [0.05, 0.1) is 0 Å². The second-order valence-corrected chi connectivity index (χ2v) is 6.25. The van der Waals surface area contributed by atoms with Crippen LogP contribution in [0.1, 0.15) is 19.8 Å². The molecule has 1 saturated heterocycles. The molecule has 0 aromatic rings. The molecule has 1 atom stereocenters. The third-order valence-electron chi connectivity index (χ3n) is 2.86. The lowest BCUT2D eigenvalue weighted by atomic mass is 10.1. The molecule has 0 aliphatic carbocycles. The van der Waals surface area contributed by atoms with Gasteiger partial charge in [-0.1, -0.05) is 0 Å². The second-order valence-electron chi connectivity index (χ2n) is 4.22. The van der Waals surface area contributed by atoms with E-state index in [1.807, 2.05) is 7.05 Å². The third-order valence-corrected chi connectivity index (χ3v) is 4.66. The van der Waals surface area contributed by atoms with E-state index in [1.165, 1.54) is 6.92 Å². The number of hydrogen-bond acceptors (Lipinski definition) is 4. The van der Waals surface area contributed by atoms with Gasteiger partial charge in [0.25, 0.3) is 0 Å². The molecule has 1 aliphatic heterocycles. The van der Waals surface area contributed by atoms with Crippen LogP contribution in [0.5, 0.6) is 0 Å². The number of carboxylic acids is 1. The highest BCUT2D eigenvalue weighted by Gasteiger charge is 2.30. The summed E-state index contributed by atoms with van der Waals surface area (Å²) >= 11 is 0. The van der Waals surface area contributed by atoms with Gasteiger partial charge in [-0.05, 0) is 39.9 Å². The molecule has 1 rings (SSSR count). The van der Waals surface area contributed by atoms with Crippen LogP contribution in [0.4, 0.5) is 0 Å². The third kappa shape index (κ3) is 3.43. The minimum absolute atomic E-state index is 0.136. The highest BCUT2D eigenvalue weighted by Crippen LogP contribution is 2.11. The Kier molecular flexibility index (Phi) is 4.28. The van der Waals surface area contributed by atoms with E-state index in [0.717, 1.165) is 25.9 Å². The molecule has 0 amide bonds. The highest BCUT2D eigenvalue weighted by molar-refractivity contribution is 7.90. The fourth-order valence-corrected chi connectivity index (χ4v) is 2.76. The summed E-state index contributed by atoms with van der Waals surface area (Å²) < 4.78 is 25.7. The van der Waals surface area contributed by atoms with Gasteiger partial charge in [-0.15, -0.1) is 0 Å². The molecule has 0 saturated carbocycles. The average molecular weight is 250 g/mol. The molecule has 6 nitrogen and oxygen atoms in total. The standard InChI is InChI=1S/C9H18N2O4S/c1-7(9(12)13)16(14,15)10-8-3-5-11(2)6-4-8/h7-8,10H,3-6H2,1-2H3,(H,12,13). The summed E-state index contributed by atoms with van der Waals surface area (Å²) in [6.07, 6.45) is 1.45. The minimum atomic E-state index is -3.74. The molecule has 0 radical (unpaired) electrons. The van der Waals surface area contributed by atoms with Crippen molar-refractivity contribution in [3.63, 3.8) is 0 Å². The number of likely N-dealkylation sites (tertiary alicyclic amines) is 1.